The van der Waals surface area contributed by atoms with Crippen LogP contribution in [-0.2, 0) is 9.53 Å². The number of carbonyl (C=O) groups excluding carboxylic acids is 1. The molecule has 0 aliphatic heterocycles. The molecule has 2 aromatic heterocycles. The monoisotopic (exact) mass is 352 g/mol. The highest BCUT2D eigenvalue weighted by molar-refractivity contribution is 5.73. The van der Waals surface area contributed by atoms with Crippen LogP contribution < -0.4 is 5.69 Å². The van der Waals surface area contributed by atoms with E-state index in [-0.39, 0.29) is 18.1 Å². The van der Waals surface area contributed by atoms with Crippen molar-refractivity contribution in [1.82, 2.24) is 19.5 Å². The maximum Gasteiger partial charge on any atom is 0.328 e. The van der Waals surface area contributed by atoms with Gasteiger partial charge in [-0.15, -0.1) is 0 Å². The van der Waals surface area contributed by atoms with Crippen molar-refractivity contribution in [1.29, 1.82) is 0 Å². The summed E-state index contributed by atoms with van der Waals surface area (Å²) in [4.78, 5) is 36.6. The van der Waals surface area contributed by atoms with E-state index in [1.165, 1.54) is 0 Å². The summed E-state index contributed by atoms with van der Waals surface area (Å²) >= 11 is 0. The summed E-state index contributed by atoms with van der Waals surface area (Å²) in [6, 6.07) is 8.99. The summed E-state index contributed by atoms with van der Waals surface area (Å²) in [5, 5.41) is 0. The third-order valence-electron chi connectivity index (χ3n) is 4.58. The van der Waals surface area contributed by atoms with E-state index in [0.29, 0.717) is 23.7 Å². The summed E-state index contributed by atoms with van der Waals surface area (Å²) in [7, 11) is 0. The van der Waals surface area contributed by atoms with Gasteiger partial charge in [-0.2, -0.15) is 0 Å². The number of benzene rings is 1. The highest BCUT2D eigenvalue weighted by Crippen LogP contribution is 2.38. The Hall–Kier alpha value is -2.96. The zero-order chi connectivity index (χ0) is 18.1. The molecule has 1 atom stereocenters. The van der Waals surface area contributed by atoms with Crippen LogP contribution in [0.1, 0.15) is 49.5 Å². The molecule has 1 unspecified atom stereocenters. The smallest absolute Gasteiger partial charge is 0.328 e. The van der Waals surface area contributed by atoms with Crippen molar-refractivity contribution in [2.45, 2.75) is 38.1 Å². The van der Waals surface area contributed by atoms with Crippen LogP contribution in [0.25, 0.3) is 11.2 Å². The maximum atomic E-state index is 12.7. The van der Waals surface area contributed by atoms with Gasteiger partial charge in [0.25, 0.3) is 0 Å². The topological polar surface area (TPSA) is 89.9 Å². The van der Waals surface area contributed by atoms with Gasteiger partial charge in [-0.3, -0.25) is 9.36 Å². The van der Waals surface area contributed by atoms with Crippen molar-refractivity contribution in [3.63, 3.8) is 0 Å². The lowest BCUT2D eigenvalue weighted by atomic mass is 10.0. The molecule has 1 aromatic carbocycles. The van der Waals surface area contributed by atoms with Gasteiger partial charge in [0.1, 0.15) is 11.3 Å². The fourth-order valence-electron chi connectivity index (χ4n) is 3.17. The van der Waals surface area contributed by atoms with Gasteiger partial charge in [-0.1, -0.05) is 30.3 Å². The Labute approximate surface area is 150 Å². The predicted molar refractivity (Wildman–Crippen MR) is 96.0 cm³/mol. The van der Waals surface area contributed by atoms with E-state index in [4.69, 9.17) is 4.74 Å². The molecular formula is C19H20N4O3. The molecule has 1 N–H and O–H groups in total. The Kier molecular flexibility index (Phi) is 4.28. The first-order valence-electron chi connectivity index (χ1n) is 8.85. The Balaban J connectivity index is 1.84. The van der Waals surface area contributed by atoms with Gasteiger partial charge >= 0.3 is 11.7 Å². The molecule has 1 fully saturated rings. The summed E-state index contributed by atoms with van der Waals surface area (Å²) in [6.45, 7) is 2.07. The van der Waals surface area contributed by atoms with E-state index in [1.807, 2.05) is 30.3 Å². The van der Waals surface area contributed by atoms with Gasteiger partial charge in [-0.25, -0.2) is 14.8 Å². The number of esters is 1. The Morgan fingerprint density at radius 2 is 2.12 bits per heavy atom. The van der Waals surface area contributed by atoms with Crippen molar-refractivity contribution in [2.24, 2.45) is 0 Å². The lowest BCUT2D eigenvalue weighted by Crippen LogP contribution is -2.26. The van der Waals surface area contributed by atoms with Crippen molar-refractivity contribution >= 4 is 17.1 Å². The number of aromatic nitrogens is 4. The lowest BCUT2D eigenvalue weighted by Gasteiger charge is -2.18. The van der Waals surface area contributed by atoms with E-state index in [2.05, 4.69) is 15.0 Å². The number of fused-ring (bicyclic) bond motifs is 1. The molecule has 0 spiro atoms. The quantitative estimate of drug-likeness (QED) is 0.689. The van der Waals surface area contributed by atoms with E-state index >= 15 is 0 Å². The van der Waals surface area contributed by atoms with Crippen LogP contribution in [0, 0.1) is 0 Å². The first-order chi connectivity index (χ1) is 12.7. The molecule has 1 aliphatic rings. The van der Waals surface area contributed by atoms with Crippen LogP contribution in [0.15, 0.2) is 41.3 Å². The minimum absolute atomic E-state index is 0.0630. The Morgan fingerprint density at radius 3 is 2.81 bits per heavy atom. The number of rotatable bonds is 6. The number of aromatic amines is 1. The largest absolute Gasteiger partial charge is 0.466 e. The molecule has 1 aliphatic carbocycles. The van der Waals surface area contributed by atoms with Gasteiger partial charge in [0.05, 0.1) is 25.3 Å². The summed E-state index contributed by atoms with van der Waals surface area (Å²) in [5.74, 6) is 0.783. The SMILES string of the molecule is CCOC(=O)CC(c1ccccc1)n1c(=O)[nH]c2cnc(C3CC3)nc21. The van der Waals surface area contributed by atoms with Crippen molar-refractivity contribution in [2.75, 3.05) is 6.61 Å². The zero-order valence-corrected chi connectivity index (χ0v) is 14.5. The molecule has 26 heavy (non-hydrogen) atoms. The predicted octanol–water partition coefficient (Wildman–Crippen LogP) is 2.54. The molecule has 3 aromatic rings. The van der Waals surface area contributed by atoms with Crippen molar-refractivity contribution < 1.29 is 9.53 Å². The third kappa shape index (κ3) is 3.12. The Bertz CT molecular complexity index is 989. The lowest BCUT2D eigenvalue weighted by molar-refractivity contribution is -0.143. The highest BCUT2D eigenvalue weighted by Gasteiger charge is 2.29. The first-order valence-corrected chi connectivity index (χ1v) is 8.85. The van der Waals surface area contributed by atoms with Gasteiger partial charge in [0, 0.05) is 5.92 Å². The summed E-state index contributed by atoms with van der Waals surface area (Å²) in [6.07, 6.45) is 3.87. The fraction of sp³-hybridized carbons (Fsp3) is 0.368. The standard InChI is InChI=1S/C19H20N4O3/c1-2-26-16(24)10-15(12-6-4-3-5-7-12)23-18-14(21-19(23)25)11-20-17(22-18)13-8-9-13/h3-7,11,13,15H,2,8-10H2,1H3,(H,21,25). The number of imidazole rings is 1. The second-order valence-corrected chi connectivity index (χ2v) is 6.48. The number of nitrogens with one attached hydrogen (secondary N) is 1. The maximum absolute atomic E-state index is 12.7. The van der Waals surface area contributed by atoms with Gasteiger partial charge in [0.2, 0.25) is 0 Å². The summed E-state index contributed by atoms with van der Waals surface area (Å²) in [5.41, 5.74) is 1.66. The van der Waals surface area contributed by atoms with Crippen LogP contribution >= 0.6 is 0 Å². The average molecular weight is 352 g/mol. The zero-order valence-electron chi connectivity index (χ0n) is 14.5. The Morgan fingerprint density at radius 1 is 1.35 bits per heavy atom. The molecule has 2 heterocycles. The number of hydrogen-bond acceptors (Lipinski definition) is 5. The van der Waals surface area contributed by atoms with Crippen molar-refractivity contribution in [3.05, 3.63) is 58.4 Å². The van der Waals surface area contributed by atoms with E-state index in [1.54, 1.807) is 17.7 Å². The van der Waals surface area contributed by atoms with Gasteiger partial charge in [0.15, 0.2) is 5.65 Å². The number of carbonyl (C=O) groups is 1. The number of H-pyrrole nitrogens is 1. The van der Waals surface area contributed by atoms with E-state index in [0.717, 1.165) is 24.2 Å². The molecule has 1 saturated carbocycles. The fourth-order valence-corrected chi connectivity index (χ4v) is 3.17. The normalized spacial score (nSPS) is 15.1. The number of ether oxygens (including phenoxy) is 1. The molecule has 134 valence electrons. The minimum Gasteiger partial charge on any atom is -0.466 e. The van der Waals surface area contributed by atoms with Crippen LogP contribution in [0.4, 0.5) is 0 Å². The number of hydrogen-bond donors (Lipinski definition) is 1. The molecule has 7 nitrogen and oxygen atoms in total. The average Bonchev–Trinajstić information content (AvgIpc) is 3.44. The first kappa shape index (κ1) is 16.5. The molecule has 0 bridgehead atoms. The van der Waals surface area contributed by atoms with E-state index < -0.39 is 6.04 Å². The van der Waals surface area contributed by atoms with Gasteiger partial charge < -0.3 is 9.72 Å². The van der Waals surface area contributed by atoms with Crippen LogP contribution in [-0.4, -0.2) is 32.1 Å². The molecule has 0 radical (unpaired) electrons. The molecule has 0 amide bonds. The molecule has 7 heteroatoms. The number of nitrogens with zero attached hydrogens (tertiary/aromatic N) is 3. The minimum atomic E-state index is -0.488. The highest BCUT2D eigenvalue weighted by atomic mass is 16.5. The third-order valence-corrected chi connectivity index (χ3v) is 4.58. The van der Waals surface area contributed by atoms with Crippen LogP contribution in [0.2, 0.25) is 0 Å². The molecule has 4 rings (SSSR count). The second kappa shape index (κ2) is 6.74. The second-order valence-electron chi connectivity index (χ2n) is 6.48. The molecular weight excluding hydrogens is 332 g/mol. The van der Waals surface area contributed by atoms with Crippen LogP contribution in [0.5, 0.6) is 0 Å². The summed E-state index contributed by atoms with van der Waals surface area (Å²) < 4.78 is 6.67. The van der Waals surface area contributed by atoms with Crippen molar-refractivity contribution in [3.8, 4) is 0 Å². The van der Waals surface area contributed by atoms with Crippen LogP contribution in [0.3, 0.4) is 0 Å². The molecule has 0 saturated heterocycles. The van der Waals surface area contributed by atoms with E-state index in [9.17, 15) is 9.59 Å². The van der Waals surface area contributed by atoms with Gasteiger partial charge in [-0.05, 0) is 25.3 Å².